The van der Waals surface area contributed by atoms with Crippen molar-refractivity contribution in [1.82, 2.24) is 15.1 Å². The van der Waals surface area contributed by atoms with Gasteiger partial charge in [0.1, 0.15) is 5.69 Å². The highest BCUT2D eigenvalue weighted by atomic mass is 127. The van der Waals surface area contributed by atoms with Crippen molar-refractivity contribution < 1.29 is 4.52 Å². The van der Waals surface area contributed by atoms with E-state index in [0.717, 1.165) is 28.5 Å². The highest BCUT2D eigenvalue weighted by Crippen LogP contribution is 2.37. The van der Waals surface area contributed by atoms with E-state index in [4.69, 9.17) is 10.3 Å². The van der Waals surface area contributed by atoms with E-state index in [1.165, 1.54) is 0 Å². The second-order valence-corrected chi connectivity index (χ2v) is 5.41. The Kier molecular flexibility index (Phi) is 2.28. The third kappa shape index (κ3) is 1.56. The van der Waals surface area contributed by atoms with Crippen molar-refractivity contribution in [1.29, 1.82) is 0 Å². The lowest BCUT2D eigenvalue weighted by molar-refractivity contribution is 0.229. The number of nitrogens with zero attached hydrogens (tertiary/aromatic N) is 2. The molecule has 0 saturated heterocycles. The van der Waals surface area contributed by atoms with Gasteiger partial charge in [0, 0.05) is 9.77 Å². The minimum atomic E-state index is -0.360. The Hall–Kier alpha value is -0.890. The predicted molar refractivity (Wildman–Crippen MR) is 66.5 cm³/mol. The fourth-order valence-electron chi connectivity index (χ4n) is 1.81. The molecule has 3 N–H and O–H groups in total. The maximum absolute atomic E-state index is 6.12. The summed E-state index contributed by atoms with van der Waals surface area (Å²) in [5, 5.41) is 3.96. The molecule has 1 saturated carbocycles. The average Bonchev–Trinajstić information content (AvgIpc) is 2.82. The van der Waals surface area contributed by atoms with Crippen LogP contribution in [0.1, 0.15) is 25.1 Å². The summed E-state index contributed by atoms with van der Waals surface area (Å²) in [6, 6.07) is 1.96. The van der Waals surface area contributed by atoms with Crippen molar-refractivity contribution in [3.8, 4) is 11.6 Å². The van der Waals surface area contributed by atoms with Crippen LogP contribution in [0.3, 0.4) is 0 Å². The fraction of sp³-hybridized carbons (Fsp3) is 0.400. The molecular formula is C10H11IN4O. The summed E-state index contributed by atoms with van der Waals surface area (Å²) < 4.78 is 6.32. The van der Waals surface area contributed by atoms with Crippen LogP contribution in [0.15, 0.2) is 16.8 Å². The van der Waals surface area contributed by atoms with Gasteiger partial charge in [-0.2, -0.15) is 4.98 Å². The predicted octanol–water partition coefficient (Wildman–Crippen LogP) is 2.01. The molecule has 0 atom stereocenters. The third-order valence-corrected chi connectivity index (χ3v) is 3.62. The van der Waals surface area contributed by atoms with Gasteiger partial charge in [-0.25, -0.2) is 0 Å². The van der Waals surface area contributed by atoms with Crippen LogP contribution in [0, 0.1) is 3.57 Å². The number of nitrogens with two attached hydrogens (primary N) is 1. The van der Waals surface area contributed by atoms with Gasteiger partial charge in [-0.3, -0.25) is 0 Å². The minimum absolute atomic E-state index is 0.360. The summed E-state index contributed by atoms with van der Waals surface area (Å²) >= 11 is 2.22. The van der Waals surface area contributed by atoms with E-state index in [9.17, 15) is 0 Å². The molecule has 1 fully saturated rings. The molecule has 0 aromatic carbocycles. The molecule has 0 radical (unpaired) electrons. The average molecular weight is 330 g/mol. The van der Waals surface area contributed by atoms with E-state index in [2.05, 4.69) is 37.7 Å². The van der Waals surface area contributed by atoms with Gasteiger partial charge in [0.05, 0.1) is 5.54 Å². The maximum atomic E-state index is 6.12. The Morgan fingerprint density at radius 3 is 2.88 bits per heavy atom. The molecule has 0 bridgehead atoms. The smallest absolute Gasteiger partial charge is 0.274 e. The normalized spacial score (nSPS) is 18.4. The van der Waals surface area contributed by atoms with E-state index in [1.807, 2.05) is 12.3 Å². The van der Waals surface area contributed by atoms with Crippen molar-refractivity contribution in [3.05, 3.63) is 21.7 Å². The lowest BCUT2D eigenvalue weighted by Crippen LogP contribution is -2.44. The quantitative estimate of drug-likeness (QED) is 0.826. The molecule has 1 aliphatic rings. The first-order chi connectivity index (χ1) is 7.67. The summed E-state index contributed by atoms with van der Waals surface area (Å²) in [5.41, 5.74) is 6.60. The monoisotopic (exact) mass is 330 g/mol. The van der Waals surface area contributed by atoms with Crippen LogP contribution in [0.2, 0.25) is 0 Å². The van der Waals surface area contributed by atoms with Crippen molar-refractivity contribution in [2.75, 3.05) is 0 Å². The highest BCUT2D eigenvalue weighted by Gasteiger charge is 2.39. The van der Waals surface area contributed by atoms with E-state index < -0.39 is 0 Å². The fourth-order valence-corrected chi connectivity index (χ4v) is 2.27. The van der Waals surface area contributed by atoms with Gasteiger partial charge in [-0.05, 0) is 47.9 Å². The van der Waals surface area contributed by atoms with Crippen molar-refractivity contribution >= 4 is 22.6 Å². The van der Waals surface area contributed by atoms with Gasteiger partial charge in [0.25, 0.3) is 5.89 Å². The topological polar surface area (TPSA) is 80.7 Å². The van der Waals surface area contributed by atoms with E-state index in [-0.39, 0.29) is 5.54 Å². The summed E-state index contributed by atoms with van der Waals surface area (Å²) in [6.07, 6.45) is 4.91. The number of rotatable bonds is 2. The molecule has 2 aromatic heterocycles. The number of aromatic amines is 1. The Morgan fingerprint density at radius 2 is 2.31 bits per heavy atom. The summed E-state index contributed by atoms with van der Waals surface area (Å²) in [6.45, 7) is 0. The van der Waals surface area contributed by atoms with Crippen LogP contribution in [-0.4, -0.2) is 15.1 Å². The standard InChI is InChI=1S/C10H11IN4O/c11-6-4-7(13-5-6)8-14-9(15-16-8)10(12)2-1-3-10/h4-5,13H,1-3,12H2. The van der Waals surface area contributed by atoms with E-state index in [1.54, 1.807) is 0 Å². The lowest BCUT2D eigenvalue weighted by Gasteiger charge is -2.34. The Balaban J connectivity index is 1.93. The number of nitrogens with one attached hydrogen (secondary N) is 1. The lowest BCUT2D eigenvalue weighted by atomic mass is 9.77. The van der Waals surface area contributed by atoms with E-state index in [0.29, 0.717) is 11.7 Å². The van der Waals surface area contributed by atoms with Crippen LogP contribution in [-0.2, 0) is 5.54 Å². The van der Waals surface area contributed by atoms with Gasteiger partial charge >= 0.3 is 0 Å². The number of aromatic nitrogens is 3. The zero-order valence-corrected chi connectivity index (χ0v) is 10.7. The van der Waals surface area contributed by atoms with Crippen LogP contribution < -0.4 is 5.73 Å². The molecule has 2 aromatic rings. The molecule has 6 heteroatoms. The molecule has 2 heterocycles. The third-order valence-electron chi connectivity index (χ3n) is 3.00. The van der Waals surface area contributed by atoms with Gasteiger partial charge in [0.2, 0.25) is 0 Å². The maximum Gasteiger partial charge on any atom is 0.274 e. The van der Waals surface area contributed by atoms with Crippen LogP contribution >= 0.6 is 22.6 Å². The van der Waals surface area contributed by atoms with Gasteiger partial charge in [-0.15, -0.1) is 0 Å². The molecule has 16 heavy (non-hydrogen) atoms. The Labute approximate surface area is 106 Å². The van der Waals surface area contributed by atoms with Crippen molar-refractivity contribution in [3.63, 3.8) is 0 Å². The van der Waals surface area contributed by atoms with Crippen LogP contribution in [0.5, 0.6) is 0 Å². The van der Waals surface area contributed by atoms with Gasteiger partial charge in [0.15, 0.2) is 5.82 Å². The number of hydrogen-bond donors (Lipinski definition) is 2. The van der Waals surface area contributed by atoms with Crippen molar-refractivity contribution in [2.24, 2.45) is 5.73 Å². The summed E-state index contributed by atoms with van der Waals surface area (Å²) in [4.78, 5) is 7.43. The molecule has 0 aliphatic heterocycles. The van der Waals surface area contributed by atoms with Crippen LogP contribution in [0.25, 0.3) is 11.6 Å². The van der Waals surface area contributed by atoms with Gasteiger partial charge in [-0.1, -0.05) is 5.16 Å². The molecule has 84 valence electrons. The molecule has 5 nitrogen and oxygen atoms in total. The first-order valence-electron chi connectivity index (χ1n) is 5.15. The number of hydrogen-bond acceptors (Lipinski definition) is 4. The molecule has 3 rings (SSSR count). The van der Waals surface area contributed by atoms with E-state index >= 15 is 0 Å². The largest absolute Gasteiger partial charge is 0.356 e. The van der Waals surface area contributed by atoms with Crippen molar-refractivity contribution in [2.45, 2.75) is 24.8 Å². The SMILES string of the molecule is NC1(c2noc(-c3cc(I)c[nH]3)n2)CCC1. The molecule has 1 aliphatic carbocycles. The minimum Gasteiger partial charge on any atom is -0.356 e. The number of halogens is 1. The second-order valence-electron chi connectivity index (χ2n) is 4.16. The highest BCUT2D eigenvalue weighted by molar-refractivity contribution is 14.1. The van der Waals surface area contributed by atoms with Crippen LogP contribution in [0.4, 0.5) is 0 Å². The zero-order valence-electron chi connectivity index (χ0n) is 8.53. The van der Waals surface area contributed by atoms with Gasteiger partial charge < -0.3 is 15.2 Å². The molecule has 0 spiro atoms. The molecule has 0 unspecified atom stereocenters. The first-order valence-corrected chi connectivity index (χ1v) is 6.23. The zero-order chi connectivity index (χ0) is 11.2. The first kappa shape index (κ1) is 10.3. The molecule has 0 amide bonds. The second kappa shape index (κ2) is 3.56. The molecular weight excluding hydrogens is 319 g/mol. The summed E-state index contributed by atoms with van der Waals surface area (Å²) in [5.74, 6) is 1.13. The Bertz CT molecular complexity index is 514. The summed E-state index contributed by atoms with van der Waals surface area (Å²) in [7, 11) is 0. The number of H-pyrrole nitrogens is 1. The Morgan fingerprint density at radius 1 is 1.50 bits per heavy atom.